The summed E-state index contributed by atoms with van der Waals surface area (Å²) in [4.78, 5) is 36.8. The van der Waals surface area contributed by atoms with Crippen LogP contribution >= 0.6 is 11.3 Å². The van der Waals surface area contributed by atoms with E-state index < -0.39 is 17.8 Å². The monoisotopic (exact) mass is 455 g/mol. The van der Waals surface area contributed by atoms with Gasteiger partial charge < -0.3 is 24.3 Å². The summed E-state index contributed by atoms with van der Waals surface area (Å²) in [6.07, 6.45) is 0. The van der Waals surface area contributed by atoms with Crippen LogP contribution in [0.2, 0.25) is 0 Å². The van der Waals surface area contributed by atoms with Crippen LogP contribution < -0.4 is 14.8 Å². The minimum Gasteiger partial charge on any atom is -0.484 e. The zero-order valence-electron chi connectivity index (χ0n) is 17.7. The number of anilines is 1. The number of esters is 2. The van der Waals surface area contributed by atoms with Crippen molar-refractivity contribution < 1.29 is 33.3 Å². The molecule has 1 amide bonds. The van der Waals surface area contributed by atoms with Crippen LogP contribution in [0.5, 0.6) is 17.2 Å². The number of thiophene rings is 1. The fourth-order valence-corrected chi connectivity index (χ4v) is 3.93. The molecule has 8 nitrogen and oxygen atoms in total. The number of methoxy groups -OCH3 is 2. The molecule has 0 bridgehead atoms. The number of nitrogens with one attached hydrogen (secondary N) is 1. The van der Waals surface area contributed by atoms with E-state index in [9.17, 15) is 14.4 Å². The van der Waals surface area contributed by atoms with E-state index in [-0.39, 0.29) is 22.0 Å². The number of amides is 1. The van der Waals surface area contributed by atoms with Crippen molar-refractivity contribution in [2.24, 2.45) is 0 Å². The van der Waals surface area contributed by atoms with Crippen molar-refractivity contribution in [1.82, 2.24) is 0 Å². The minimum absolute atomic E-state index is 0.101. The van der Waals surface area contributed by atoms with Gasteiger partial charge in [-0.05, 0) is 36.8 Å². The zero-order valence-corrected chi connectivity index (χ0v) is 18.5. The van der Waals surface area contributed by atoms with Crippen LogP contribution in [0, 0.1) is 6.92 Å². The Kier molecular flexibility index (Phi) is 7.45. The quantitative estimate of drug-likeness (QED) is 0.501. The molecule has 0 aliphatic heterocycles. The summed E-state index contributed by atoms with van der Waals surface area (Å²) < 4.78 is 20.8. The highest BCUT2D eigenvalue weighted by Crippen LogP contribution is 2.34. The standard InChI is InChI=1S/C23H21NO7S/c1-14-19(22(26)28-2)21(32-20(14)23(27)29-3)24-18(25)13-30-16-10-7-11-17(12-16)31-15-8-5-4-6-9-15/h4-12H,13H2,1-3H3,(H,24,25). The summed E-state index contributed by atoms with van der Waals surface area (Å²) in [7, 11) is 2.46. The van der Waals surface area contributed by atoms with E-state index in [1.807, 2.05) is 30.3 Å². The smallest absolute Gasteiger partial charge is 0.348 e. The van der Waals surface area contributed by atoms with Gasteiger partial charge in [0.05, 0.1) is 19.8 Å². The molecule has 166 valence electrons. The number of benzene rings is 2. The Morgan fingerprint density at radius 3 is 2.22 bits per heavy atom. The molecular formula is C23H21NO7S. The first-order valence-corrected chi connectivity index (χ1v) is 10.3. The predicted octanol–water partition coefficient (Wildman–Crippen LogP) is 4.44. The number of ether oxygens (including phenoxy) is 4. The second-order valence-electron chi connectivity index (χ2n) is 6.47. The molecule has 0 saturated carbocycles. The Bertz CT molecular complexity index is 1120. The third-order valence-corrected chi connectivity index (χ3v) is 5.50. The Balaban J connectivity index is 1.68. The molecule has 0 aliphatic rings. The SMILES string of the molecule is COC(=O)c1sc(NC(=O)COc2cccc(Oc3ccccc3)c2)c(C(=O)OC)c1C. The lowest BCUT2D eigenvalue weighted by atomic mass is 10.1. The molecule has 0 aliphatic carbocycles. The first kappa shape index (κ1) is 22.8. The number of hydrogen-bond donors (Lipinski definition) is 1. The van der Waals surface area contributed by atoms with Crippen LogP contribution in [0.25, 0.3) is 0 Å². The molecule has 0 atom stereocenters. The minimum atomic E-state index is -0.670. The number of hydrogen-bond acceptors (Lipinski definition) is 8. The third-order valence-electron chi connectivity index (χ3n) is 4.31. The second-order valence-corrected chi connectivity index (χ2v) is 7.49. The van der Waals surface area contributed by atoms with E-state index in [1.165, 1.54) is 14.2 Å². The summed E-state index contributed by atoms with van der Waals surface area (Å²) in [6, 6.07) is 16.1. The highest BCUT2D eigenvalue weighted by atomic mass is 32.1. The maximum Gasteiger partial charge on any atom is 0.348 e. The van der Waals surface area contributed by atoms with Crippen LogP contribution in [0.4, 0.5) is 5.00 Å². The van der Waals surface area contributed by atoms with Gasteiger partial charge in [0.2, 0.25) is 0 Å². The second kappa shape index (κ2) is 10.5. The van der Waals surface area contributed by atoms with Gasteiger partial charge >= 0.3 is 11.9 Å². The Morgan fingerprint density at radius 2 is 1.53 bits per heavy atom. The summed E-state index contributed by atoms with van der Waals surface area (Å²) in [5.41, 5.74) is 0.472. The average molecular weight is 455 g/mol. The molecule has 3 rings (SSSR count). The van der Waals surface area contributed by atoms with Gasteiger partial charge in [0.15, 0.2) is 6.61 Å². The first-order valence-electron chi connectivity index (χ1n) is 9.48. The number of carbonyl (C=O) groups is 3. The molecule has 0 radical (unpaired) electrons. The molecule has 0 unspecified atom stereocenters. The Hall–Kier alpha value is -3.85. The van der Waals surface area contributed by atoms with Crippen LogP contribution in [0.3, 0.4) is 0 Å². The molecule has 9 heteroatoms. The molecule has 1 aromatic heterocycles. The van der Waals surface area contributed by atoms with Crippen molar-refractivity contribution in [3.05, 3.63) is 70.6 Å². The Morgan fingerprint density at radius 1 is 0.875 bits per heavy atom. The normalized spacial score (nSPS) is 10.2. The lowest BCUT2D eigenvalue weighted by Crippen LogP contribution is -2.21. The molecule has 32 heavy (non-hydrogen) atoms. The predicted molar refractivity (Wildman–Crippen MR) is 119 cm³/mol. The van der Waals surface area contributed by atoms with Gasteiger partial charge in [-0.2, -0.15) is 0 Å². The van der Waals surface area contributed by atoms with E-state index in [2.05, 4.69) is 5.32 Å². The van der Waals surface area contributed by atoms with E-state index in [1.54, 1.807) is 31.2 Å². The van der Waals surface area contributed by atoms with Gasteiger partial charge in [0, 0.05) is 6.07 Å². The van der Waals surface area contributed by atoms with Gasteiger partial charge in [0.25, 0.3) is 5.91 Å². The fraction of sp³-hybridized carbons (Fsp3) is 0.174. The van der Waals surface area contributed by atoms with Crippen LogP contribution in [-0.4, -0.2) is 38.7 Å². The average Bonchev–Trinajstić information content (AvgIpc) is 3.13. The number of carbonyl (C=O) groups excluding carboxylic acids is 3. The summed E-state index contributed by atoms with van der Waals surface area (Å²) in [5.74, 6) is -0.131. The van der Waals surface area contributed by atoms with Gasteiger partial charge in [-0.1, -0.05) is 24.3 Å². The van der Waals surface area contributed by atoms with Crippen molar-refractivity contribution in [3.63, 3.8) is 0 Å². The lowest BCUT2D eigenvalue weighted by molar-refractivity contribution is -0.118. The van der Waals surface area contributed by atoms with Gasteiger partial charge in [-0.3, -0.25) is 4.79 Å². The van der Waals surface area contributed by atoms with Crippen molar-refractivity contribution in [3.8, 4) is 17.2 Å². The largest absolute Gasteiger partial charge is 0.484 e. The first-order chi connectivity index (χ1) is 15.4. The molecule has 2 aromatic carbocycles. The van der Waals surface area contributed by atoms with E-state index in [0.717, 1.165) is 11.3 Å². The molecule has 0 saturated heterocycles. The maximum absolute atomic E-state index is 12.5. The van der Waals surface area contributed by atoms with Crippen LogP contribution in [-0.2, 0) is 14.3 Å². The van der Waals surface area contributed by atoms with Crippen molar-refractivity contribution in [1.29, 1.82) is 0 Å². The van der Waals surface area contributed by atoms with Gasteiger partial charge in [-0.25, -0.2) is 9.59 Å². The fourth-order valence-electron chi connectivity index (χ4n) is 2.80. The number of para-hydroxylation sites is 1. The molecule has 1 N–H and O–H groups in total. The molecule has 3 aromatic rings. The Labute approximate surface area is 188 Å². The molecule has 0 fully saturated rings. The van der Waals surface area contributed by atoms with E-state index in [4.69, 9.17) is 18.9 Å². The lowest BCUT2D eigenvalue weighted by Gasteiger charge is -2.10. The van der Waals surface area contributed by atoms with Crippen molar-refractivity contribution >= 4 is 34.2 Å². The molecule has 0 spiro atoms. The van der Waals surface area contributed by atoms with Gasteiger partial charge in [-0.15, -0.1) is 11.3 Å². The highest BCUT2D eigenvalue weighted by Gasteiger charge is 2.26. The van der Waals surface area contributed by atoms with Crippen molar-refractivity contribution in [2.75, 3.05) is 26.1 Å². The number of rotatable bonds is 8. The zero-order chi connectivity index (χ0) is 23.1. The van der Waals surface area contributed by atoms with Crippen LogP contribution in [0.1, 0.15) is 25.6 Å². The molecule has 1 heterocycles. The third kappa shape index (κ3) is 5.44. The van der Waals surface area contributed by atoms with E-state index >= 15 is 0 Å². The van der Waals surface area contributed by atoms with E-state index in [0.29, 0.717) is 22.8 Å². The highest BCUT2D eigenvalue weighted by molar-refractivity contribution is 7.18. The van der Waals surface area contributed by atoms with Crippen molar-refractivity contribution in [2.45, 2.75) is 6.92 Å². The molecular weight excluding hydrogens is 434 g/mol. The van der Waals surface area contributed by atoms with Gasteiger partial charge in [0.1, 0.15) is 27.1 Å². The summed E-state index contributed by atoms with van der Waals surface area (Å²) in [5, 5.41) is 2.79. The topological polar surface area (TPSA) is 100 Å². The summed E-state index contributed by atoms with van der Waals surface area (Å²) >= 11 is 0.933. The van der Waals surface area contributed by atoms with Crippen LogP contribution in [0.15, 0.2) is 54.6 Å². The maximum atomic E-state index is 12.5. The summed E-state index contributed by atoms with van der Waals surface area (Å²) in [6.45, 7) is 1.26.